The summed E-state index contributed by atoms with van der Waals surface area (Å²) >= 11 is 5.94. The molecule has 1 aliphatic rings. The molecule has 158 valence electrons. The zero-order valence-corrected chi connectivity index (χ0v) is 18.6. The summed E-state index contributed by atoms with van der Waals surface area (Å²) in [5.41, 5.74) is 1.38. The van der Waals surface area contributed by atoms with E-state index in [9.17, 15) is 13.2 Å². The third-order valence-corrected chi connectivity index (χ3v) is 6.81. The highest BCUT2D eigenvalue weighted by Gasteiger charge is 2.32. The second-order valence-electron chi connectivity index (χ2n) is 8.41. The van der Waals surface area contributed by atoms with Gasteiger partial charge in [0.15, 0.2) is 16.4 Å². The number of carbonyl (C=O) groups is 1. The Balaban J connectivity index is 1.76. The van der Waals surface area contributed by atoms with E-state index < -0.39 is 9.84 Å². The summed E-state index contributed by atoms with van der Waals surface area (Å²) in [6, 6.07) is 6.70. The zero-order chi connectivity index (χ0) is 21.4. The van der Waals surface area contributed by atoms with Crippen LogP contribution in [0.5, 0.6) is 5.75 Å². The van der Waals surface area contributed by atoms with Gasteiger partial charge < -0.3 is 10.1 Å². The largest absolute Gasteiger partial charge is 0.483 e. The number of nitrogens with one attached hydrogen (secondary N) is 1. The standard InChI is InChI=1S/C20H26ClN3O4S/c1-13-9-14(21)5-6-16(13)28-11-19(25)22-18-10-17(20(2,3)4)23-24(18)15-7-8-29(26,27)12-15/h5-6,9-10,15H,7-8,11-12H2,1-4H3,(H,22,25)/t15-/m0/s1. The number of aryl methyl sites for hydroxylation is 1. The average molecular weight is 440 g/mol. The first-order valence-electron chi connectivity index (χ1n) is 9.44. The third-order valence-electron chi connectivity index (χ3n) is 4.82. The summed E-state index contributed by atoms with van der Waals surface area (Å²) in [6.07, 6.45) is 0.483. The van der Waals surface area contributed by atoms with Crippen molar-refractivity contribution >= 4 is 33.2 Å². The summed E-state index contributed by atoms with van der Waals surface area (Å²) < 4.78 is 31.1. The predicted molar refractivity (Wildman–Crippen MR) is 114 cm³/mol. The van der Waals surface area contributed by atoms with Crippen LogP contribution in [0.3, 0.4) is 0 Å². The lowest BCUT2D eigenvalue weighted by atomic mass is 9.92. The summed E-state index contributed by atoms with van der Waals surface area (Å²) in [4.78, 5) is 12.5. The van der Waals surface area contributed by atoms with Crippen LogP contribution in [0.15, 0.2) is 24.3 Å². The van der Waals surface area contributed by atoms with E-state index in [-0.39, 0.29) is 35.5 Å². The second-order valence-corrected chi connectivity index (χ2v) is 11.1. The number of anilines is 1. The average Bonchev–Trinajstić information content (AvgIpc) is 3.17. The molecule has 0 radical (unpaired) electrons. The molecule has 9 heteroatoms. The van der Waals surface area contributed by atoms with Crippen LogP contribution in [0.2, 0.25) is 5.02 Å². The van der Waals surface area contributed by atoms with Crippen LogP contribution in [0.25, 0.3) is 0 Å². The first kappa shape index (κ1) is 21.6. The Morgan fingerprint density at radius 1 is 1.34 bits per heavy atom. The van der Waals surface area contributed by atoms with E-state index in [1.807, 2.05) is 27.7 Å². The molecule has 1 aromatic carbocycles. The number of benzene rings is 1. The number of hydrogen-bond donors (Lipinski definition) is 1. The fourth-order valence-corrected chi connectivity index (χ4v) is 5.12. The van der Waals surface area contributed by atoms with Gasteiger partial charge in [0.25, 0.3) is 5.91 Å². The van der Waals surface area contributed by atoms with Gasteiger partial charge in [0.2, 0.25) is 0 Å². The fourth-order valence-electron chi connectivity index (χ4n) is 3.20. The van der Waals surface area contributed by atoms with Gasteiger partial charge in [0.1, 0.15) is 11.6 Å². The molecule has 0 spiro atoms. The summed E-state index contributed by atoms with van der Waals surface area (Å²) in [7, 11) is -3.08. The van der Waals surface area contributed by atoms with Crippen LogP contribution >= 0.6 is 11.6 Å². The highest BCUT2D eigenvalue weighted by atomic mass is 35.5. The van der Waals surface area contributed by atoms with Gasteiger partial charge in [-0.15, -0.1) is 0 Å². The maximum atomic E-state index is 12.5. The van der Waals surface area contributed by atoms with Gasteiger partial charge in [-0.2, -0.15) is 5.10 Å². The van der Waals surface area contributed by atoms with Crippen molar-refractivity contribution in [2.45, 2.75) is 45.6 Å². The molecule has 0 saturated carbocycles. The van der Waals surface area contributed by atoms with Crippen molar-refractivity contribution in [3.05, 3.63) is 40.5 Å². The number of rotatable bonds is 5. The minimum atomic E-state index is -3.08. The van der Waals surface area contributed by atoms with Crippen LogP contribution in [0.4, 0.5) is 5.82 Å². The van der Waals surface area contributed by atoms with Gasteiger partial charge in [0, 0.05) is 16.5 Å². The van der Waals surface area contributed by atoms with E-state index in [0.717, 1.165) is 11.3 Å². The molecule has 1 atom stereocenters. The van der Waals surface area contributed by atoms with Crippen molar-refractivity contribution in [1.82, 2.24) is 9.78 Å². The third kappa shape index (κ3) is 5.30. The maximum Gasteiger partial charge on any atom is 0.263 e. The number of carbonyl (C=O) groups excluding carboxylic acids is 1. The van der Waals surface area contributed by atoms with Gasteiger partial charge in [-0.05, 0) is 37.1 Å². The van der Waals surface area contributed by atoms with Crippen LogP contribution < -0.4 is 10.1 Å². The molecule has 3 rings (SSSR count). The Morgan fingerprint density at radius 2 is 2.07 bits per heavy atom. The lowest BCUT2D eigenvalue weighted by Gasteiger charge is -2.16. The molecule has 2 heterocycles. The Hall–Kier alpha value is -2.06. The normalized spacial score (nSPS) is 18.6. The van der Waals surface area contributed by atoms with Gasteiger partial charge in [-0.1, -0.05) is 32.4 Å². The Bertz CT molecular complexity index is 1020. The van der Waals surface area contributed by atoms with Gasteiger partial charge in [-0.25, -0.2) is 13.1 Å². The van der Waals surface area contributed by atoms with E-state index in [1.165, 1.54) is 0 Å². The summed E-state index contributed by atoms with van der Waals surface area (Å²) in [6.45, 7) is 7.72. The lowest BCUT2D eigenvalue weighted by Crippen LogP contribution is -2.24. The molecule has 29 heavy (non-hydrogen) atoms. The lowest BCUT2D eigenvalue weighted by molar-refractivity contribution is -0.118. The van der Waals surface area contributed by atoms with Crippen LogP contribution in [-0.2, 0) is 20.0 Å². The number of aromatic nitrogens is 2. The minimum Gasteiger partial charge on any atom is -0.483 e. The molecule has 2 aromatic rings. The zero-order valence-electron chi connectivity index (χ0n) is 17.0. The number of nitrogens with zero attached hydrogens (tertiary/aromatic N) is 2. The van der Waals surface area contributed by atoms with Crippen molar-refractivity contribution in [2.24, 2.45) is 0 Å². The van der Waals surface area contributed by atoms with Gasteiger partial charge in [-0.3, -0.25) is 4.79 Å². The molecule has 0 unspecified atom stereocenters. The molecule has 1 aromatic heterocycles. The molecule has 1 saturated heterocycles. The predicted octanol–water partition coefficient (Wildman–Crippen LogP) is 3.52. The van der Waals surface area contributed by atoms with Crippen molar-refractivity contribution in [2.75, 3.05) is 23.4 Å². The minimum absolute atomic E-state index is 0.0294. The molecule has 1 N–H and O–H groups in total. The molecule has 0 bridgehead atoms. The van der Waals surface area contributed by atoms with Crippen molar-refractivity contribution in [3.8, 4) is 5.75 Å². The molecule has 0 aliphatic carbocycles. The van der Waals surface area contributed by atoms with Crippen molar-refractivity contribution < 1.29 is 17.9 Å². The van der Waals surface area contributed by atoms with Crippen molar-refractivity contribution in [1.29, 1.82) is 0 Å². The van der Waals surface area contributed by atoms with Gasteiger partial charge >= 0.3 is 0 Å². The molecule has 1 fully saturated rings. The number of ether oxygens (including phenoxy) is 1. The summed E-state index contributed by atoms with van der Waals surface area (Å²) in [5, 5.41) is 8.03. The van der Waals surface area contributed by atoms with E-state index in [0.29, 0.717) is 23.0 Å². The Morgan fingerprint density at radius 3 is 2.66 bits per heavy atom. The number of hydrogen-bond acceptors (Lipinski definition) is 5. The Kier molecular flexibility index (Phi) is 5.96. The number of amides is 1. The second kappa shape index (κ2) is 7.99. The van der Waals surface area contributed by atoms with E-state index in [2.05, 4.69) is 10.4 Å². The first-order valence-corrected chi connectivity index (χ1v) is 11.6. The van der Waals surface area contributed by atoms with Crippen molar-refractivity contribution in [3.63, 3.8) is 0 Å². The van der Waals surface area contributed by atoms with Gasteiger partial charge in [0.05, 0.1) is 23.2 Å². The fraction of sp³-hybridized carbons (Fsp3) is 0.500. The van der Waals surface area contributed by atoms with E-state index >= 15 is 0 Å². The highest BCUT2D eigenvalue weighted by molar-refractivity contribution is 7.91. The van der Waals surface area contributed by atoms with Crippen LogP contribution in [0.1, 0.15) is 44.5 Å². The SMILES string of the molecule is Cc1cc(Cl)ccc1OCC(=O)Nc1cc(C(C)(C)C)nn1[C@H]1CCS(=O)(=O)C1. The number of sulfone groups is 1. The highest BCUT2D eigenvalue weighted by Crippen LogP contribution is 2.31. The maximum absolute atomic E-state index is 12.5. The molecular weight excluding hydrogens is 414 g/mol. The smallest absolute Gasteiger partial charge is 0.263 e. The Labute approximate surface area is 176 Å². The molecule has 7 nitrogen and oxygen atoms in total. The molecule has 1 aliphatic heterocycles. The number of halogens is 1. The molecular formula is C20H26ClN3O4S. The van der Waals surface area contributed by atoms with Crippen LogP contribution in [-0.4, -0.2) is 42.2 Å². The summed E-state index contributed by atoms with van der Waals surface area (Å²) in [5.74, 6) is 0.881. The monoisotopic (exact) mass is 439 g/mol. The topological polar surface area (TPSA) is 90.3 Å². The molecule has 1 amide bonds. The van der Waals surface area contributed by atoms with Crippen LogP contribution in [0, 0.1) is 6.92 Å². The first-order chi connectivity index (χ1) is 13.4. The quantitative estimate of drug-likeness (QED) is 0.769. The van der Waals surface area contributed by atoms with E-state index in [4.69, 9.17) is 16.3 Å². The van der Waals surface area contributed by atoms with E-state index in [1.54, 1.807) is 28.9 Å².